The second-order valence-corrected chi connectivity index (χ2v) is 9.60. The molecule has 2 heterocycles. The minimum atomic E-state index is -3.49. The van der Waals surface area contributed by atoms with Crippen LogP contribution in [-0.4, -0.2) is 42.5 Å². The molecule has 0 spiro atoms. The molecule has 27 heavy (non-hydrogen) atoms. The average molecular weight is 406 g/mol. The largest absolute Gasteiger partial charge is 0.298 e. The van der Waals surface area contributed by atoms with E-state index < -0.39 is 10.0 Å². The van der Waals surface area contributed by atoms with Crippen LogP contribution in [0.3, 0.4) is 0 Å². The second kappa shape index (κ2) is 7.14. The van der Waals surface area contributed by atoms with Gasteiger partial charge in [0.1, 0.15) is 0 Å². The van der Waals surface area contributed by atoms with Gasteiger partial charge in [0.15, 0.2) is 10.9 Å². The van der Waals surface area contributed by atoms with Gasteiger partial charge in [-0.25, -0.2) is 13.4 Å². The van der Waals surface area contributed by atoms with Gasteiger partial charge in [0.2, 0.25) is 10.0 Å². The van der Waals surface area contributed by atoms with Crippen LogP contribution in [0.2, 0.25) is 0 Å². The first-order valence-corrected chi connectivity index (χ1v) is 11.2. The molecule has 0 radical (unpaired) electrons. The molecule has 1 amide bonds. The lowest BCUT2D eigenvalue weighted by atomic mass is 10.0. The fourth-order valence-corrected chi connectivity index (χ4v) is 5.84. The number of sulfonamides is 1. The Morgan fingerprint density at radius 3 is 2.44 bits per heavy atom. The third kappa shape index (κ3) is 3.54. The van der Waals surface area contributed by atoms with E-state index in [2.05, 4.69) is 10.3 Å². The first-order chi connectivity index (χ1) is 12.9. The summed E-state index contributed by atoms with van der Waals surface area (Å²) in [4.78, 5) is 29.5. The molecule has 0 unspecified atom stereocenters. The Morgan fingerprint density at radius 2 is 1.78 bits per heavy atom. The third-order valence-electron chi connectivity index (χ3n) is 4.81. The van der Waals surface area contributed by atoms with Crippen LogP contribution in [0.1, 0.15) is 51.4 Å². The van der Waals surface area contributed by atoms with E-state index in [0.717, 1.165) is 31.4 Å². The number of ketones is 1. The van der Waals surface area contributed by atoms with E-state index in [0.29, 0.717) is 35.1 Å². The zero-order chi connectivity index (χ0) is 19.0. The van der Waals surface area contributed by atoms with Crippen molar-refractivity contribution in [2.75, 3.05) is 18.4 Å². The predicted molar refractivity (Wildman–Crippen MR) is 102 cm³/mol. The van der Waals surface area contributed by atoms with Crippen LogP contribution in [0.25, 0.3) is 0 Å². The standard InChI is InChI=1S/C18H19N3O4S2/c22-15-5-3-4-14-16(15)26-18(19-14)20-17(23)12-6-8-13(9-7-12)27(24,25)21-10-1-2-11-21/h6-9H,1-5,10-11H2,(H,19,20,23). The highest BCUT2D eigenvalue weighted by atomic mass is 32.2. The smallest absolute Gasteiger partial charge is 0.257 e. The molecule has 1 aliphatic carbocycles. The van der Waals surface area contributed by atoms with E-state index in [-0.39, 0.29) is 16.6 Å². The van der Waals surface area contributed by atoms with Gasteiger partial charge in [0.25, 0.3) is 5.91 Å². The van der Waals surface area contributed by atoms with Crippen molar-refractivity contribution < 1.29 is 18.0 Å². The zero-order valence-corrected chi connectivity index (χ0v) is 16.2. The Morgan fingerprint density at radius 1 is 1.07 bits per heavy atom. The number of rotatable bonds is 4. The normalized spacial score (nSPS) is 17.7. The van der Waals surface area contributed by atoms with Crippen LogP contribution >= 0.6 is 11.3 Å². The molecule has 1 aromatic carbocycles. The van der Waals surface area contributed by atoms with E-state index in [9.17, 15) is 18.0 Å². The Kier molecular flexibility index (Phi) is 4.83. The number of benzene rings is 1. The fourth-order valence-electron chi connectivity index (χ4n) is 3.35. The number of hydrogen-bond acceptors (Lipinski definition) is 6. The monoisotopic (exact) mass is 405 g/mol. The third-order valence-corrected chi connectivity index (χ3v) is 7.77. The first-order valence-electron chi connectivity index (χ1n) is 8.89. The van der Waals surface area contributed by atoms with E-state index in [1.165, 1.54) is 39.9 Å². The van der Waals surface area contributed by atoms with Gasteiger partial charge in [0, 0.05) is 25.1 Å². The van der Waals surface area contributed by atoms with Crippen molar-refractivity contribution in [2.24, 2.45) is 0 Å². The van der Waals surface area contributed by atoms with E-state index in [1.807, 2.05) is 0 Å². The van der Waals surface area contributed by atoms with Gasteiger partial charge in [-0.3, -0.25) is 14.9 Å². The maximum absolute atomic E-state index is 12.5. The Hall–Kier alpha value is -2.10. The number of fused-ring (bicyclic) bond motifs is 1. The molecule has 142 valence electrons. The summed E-state index contributed by atoms with van der Waals surface area (Å²) in [5.74, 6) is -0.301. The van der Waals surface area contributed by atoms with Crippen molar-refractivity contribution in [3.05, 3.63) is 40.4 Å². The van der Waals surface area contributed by atoms with Crippen molar-refractivity contribution in [2.45, 2.75) is 37.0 Å². The maximum atomic E-state index is 12.5. The molecular formula is C18H19N3O4S2. The molecule has 0 atom stereocenters. The summed E-state index contributed by atoms with van der Waals surface area (Å²) >= 11 is 1.20. The van der Waals surface area contributed by atoms with Gasteiger partial charge in [-0.15, -0.1) is 0 Å². The minimum Gasteiger partial charge on any atom is -0.298 e. The highest BCUT2D eigenvalue weighted by Crippen LogP contribution is 2.30. The van der Waals surface area contributed by atoms with Gasteiger partial charge >= 0.3 is 0 Å². The van der Waals surface area contributed by atoms with Gasteiger partial charge in [-0.2, -0.15) is 4.31 Å². The molecule has 1 aromatic heterocycles. The zero-order valence-electron chi connectivity index (χ0n) is 14.6. The topological polar surface area (TPSA) is 96.4 Å². The Labute approximate surface area is 161 Å². The number of hydrogen-bond donors (Lipinski definition) is 1. The number of anilines is 1. The van der Waals surface area contributed by atoms with Crippen molar-refractivity contribution in [1.82, 2.24) is 9.29 Å². The van der Waals surface area contributed by atoms with Gasteiger partial charge in [-0.05, 0) is 49.9 Å². The molecule has 2 aliphatic rings. The number of aryl methyl sites for hydroxylation is 1. The van der Waals surface area contributed by atoms with E-state index >= 15 is 0 Å². The predicted octanol–water partition coefficient (Wildman–Crippen LogP) is 2.70. The van der Waals surface area contributed by atoms with Crippen LogP contribution in [0.4, 0.5) is 5.13 Å². The summed E-state index contributed by atoms with van der Waals surface area (Å²) in [5, 5.41) is 3.10. The van der Waals surface area contributed by atoms with Gasteiger partial charge < -0.3 is 0 Å². The maximum Gasteiger partial charge on any atom is 0.257 e. The minimum absolute atomic E-state index is 0.0747. The Bertz CT molecular complexity index is 990. The summed E-state index contributed by atoms with van der Waals surface area (Å²) in [7, 11) is -3.49. The number of carbonyl (C=O) groups is 2. The molecule has 9 heteroatoms. The van der Waals surface area contributed by atoms with Crippen molar-refractivity contribution >= 4 is 38.2 Å². The average Bonchev–Trinajstić information content (AvgIpc) is 3.32. The lowest BCUT2D eigenvalue weighted by Gasteiger charge is -2.15. The summed E-state index contributed by atoms with van der Waals surface area (Å²) in [5.41, 5.74) is 1.09. The molecule has 1 saturated heterocycles. The lowest BCUT2D eigenvalue weighted by molar-refractivity contribution is 0.0975. The SMILES string of the molecule is O=C(Nc1nc2c(s1)C(=O)CCC2)c1ccc(S(=O)(=O)N2CCCC2)cc1. The molecule has 2 aromatic rings. The van der Waals surface area contributed by atoms with Crippen LogP contribution < -0.4 is 5.32 Å². The quantitative estimate of drug-likeness (QED) is 0.844. The van der Waals surface area contributed by atoms with Crippen LogP contribution in [0.15, 0.2) is 29.2 Å². The number of nitrogens with one attached hydrogen (secondary N) is 1. The van der Waals surface area contributed by atoms with Crippen LogP contribution in [0, 0.1) is 0 Å². The molecular weight excluding hydrogens is 386 g/mol. The van der Waals surface area contributed by atoms with Crippen molar-refractivity contribution in [1.29, 1.82) is 0 Å². The number of carbonyl (C=O) groups excluding carboxylic acids is 2. The highest BCUT2D eigenvalue weighted by Gasteiger charge is 2.27. The number of aromatic nitrogens is 1. The molecule has 0 bridgehead atoms. The van der Waals surface area contributed by atoms with Gasteiger partial charge in [-0.1, -0.05) is 11.3 Å². The molecule has 4 rings (SSSR count). The van der Waals surface area contributed by atoms with Crippen molar-refractivity contribution in [3.63, 3.8) is 0 Å². The van der Waals surface area contributed by atoms with E-state index in [1.54, 1.807) is 0 Å². The summed E-state index contributed by atoms with van der Waals surface area (Å²) in [6.07, 6.45) is 3.81. The van der Waals surface area contributed by atoms with Crippen molar-refractivity contribution in [3.8, 4) is 0 Å². The highest BCUT2D eigenvalue weighted by molar-refractivity contribution is 7.89. The fraction of sp³-hybridized carbons (Fsp3) is 0.389. The molecule has 7 nitrogen and oxygen atoms in total. The molecule has 1 N–H and O–H groups in total. The number of nitrogens with zero attached hydrogens (tertiary/aromatic N) is 2. The van der Waals surface area contributed by atoms with Crippen LogP contribution in [-0.2, 0) is 16.4 Å². The number of Topliss-reactive ketones (excluding diaryl/α,β-unsaturated/α-hetero) is 1. The van der Waals surface area contributed by atoms with E-state index in [4.69, 9.17) is 0 Å². The second-order valence-electron chi connectivity index (χ2n) is 6.66. The first kappa shape index (κ1) is 18.3. The van der Waals surface area contributed by atoms with Crippen LogP contribution in [0.5, 0.6) is 0 Å². The number of thiazole rings is 1. The summed E-state index contributed by atoms with van der Waals surface area (Å²) in [6, 6.07) is 5.91. The summed E-state index contributed by atoms with van der Waals surface area (Å²) < 4.78 is 26.5. The molecule has 0 saturated carbocycles. The molecule has 1 aliphatic heterocycles. The Balaban J connectivity index is 1.49. The number of amides is 1. The summed E-state index contributed by atoms with van der Waals surface area (Å²) in [6.45, 7) is 1.08. The lowest BCUT2D eigenvalue weighted by Crippen LogP contribution is -2.27. The molecule has 1 fully saturated rings. The van der Waals surface area contributed by atoms with Gasteiger partial charge in [0.05, 0.1) is 15.5 Å².